The zero-order valence-corrected chi connectivity index (χ0v) is 15.5. The predicted molar refractivity (Wildman–Crippen MR) is 104 cm³/mol. The summed E-state index contributed by atoms with van der Waals surface area (Å²) in [7, 11) is 0. The van der Waals surface area contributed by atoms with Crippen LogP contribution in [0.1, 0.15) is 0 Å². The molecule has 0 bridgehead atoms. The molecule has 0 atom stereocenters. The van der Waals surface area contributed by atoms with Crippen molar-refractivity contribution in [2.45, 2.75) is 0 Å². The largest absolute Gasteiger partial charge is 0.502 e. The number of aromatic hydroxyl groups is 1. The molecule has 0 fully saturated rings. The van der Waals surface area contributed by atoms with Gasteiger partial charge in [-0.05, 0) is 36.4 Å². The van der Waals surface area contributed by atoms with Crippen molar-refractivity contribution in [3.8, 4) is 17.2 Å². The van der Waals surface area contributed by atoms with Crippen LogP contribution in [0.25, 0.3) is 0 Å². The SMILES string of the molecule is O=[N+]([O-])c1ccc(Oc2ccc(Cl)cc2Cl)cc1.O=[N+]([O-])c1ccccc1O. The molecular formula is C18H12Cl2N2O6. The lowest BCUT2D eigenvalue weighted by Crippen LogP contribution is -1.88. The molecule has 144 valence electrons. The Labute approximate surface area is 168 Å². The van der Waals surface area contributed by atoms with Crippen molar-refractivity contribution >= 4 is 34.6 Å². The molecule has 0 amide bonds. The van der Waals surface area contributed by atoms with Crippen LogP contribution >= 0.6 is 23.2 Å². The van der Waals surface area contributed by atoms with E-state index in [1.165, 1.54) is 48.5 Å². The van der Waals surface area contributed by atoms with Gasteiger partial charge in [-0.15, -0.1) is 0 Å². The highest BCUT2D eigenvalue weighted by Crippen LogP contribution is 2.32. The van der Waals surface area contributed by atoms with Gasteiger partial charge in [-0.3, -0.25) is 20.2 Å². The van der Waals surface area contributed by atoms with Crippen molar-refractivity contribution in [2.75, 3.05) is 0 Å². The van der Waals surface area contributed by atoms with Crippen LogP contribution in [0.2, 0.25) is 10.0 Å². The van der Waals surface area contributed by atoms with Gasteiger partial charge in [0.2, 0.25) is 0 Å². The molecule has 28 heavy (non-hydrogen) atoms. The van der Waals surface area contributed by atoms with Crippen LogP contribution in [0.5, 0.6) is 17.2 Å². The Hall–Kier alpha value is -3.36. The van der Waals surface area contributed by atoms with E-state index in [-0.39, 0.29) is 17.1 Å². The highest BCUT2D eigenvalue weighted by Gasteiger charge is 2.09. The van der Waals surface area contributed by atoms with Crippen molar-refractivity contribution in [3.63, 3.8) is 0 Å². The Morgan fingerprint density at radius 2 is 1.50 bits per heavy atom. The second-order valence-electron chi connectivity index (χ2n) is 5.17. The maximum atomic E-state index is 10.5. The van der Waals surface area contributed by atoms with Crippen LogP contribution in [0.3, 0.4) is 0 Å². The topological polar surface area (TPSA) is 116 Å². The fourth-order valence-electron chi connectivity index (χ4n) is 1.94. The minimum atomic E-state index is -0.630. The Kier molecular flexibility index (Phi) is 7.14. The van der Waals surface area contributed by atoms with Crippen LogP contribution < -0.4 is 4.74 Å². The Bertz CT molecular complexity index is 996. The minimum Gasteiger partial charge on any atom is -0.502 e. The number of nitro groups is 2. The number of benzene rings is 3. The number of halogens is 2. The van der Waals surface area contributed by atoms with Crippen molar-refractivity contribution in [3.05, 3.63) is 97.0 Å². The normalized spacial score (nSPS) is 9.79. The van der Waals surface area contributed by atoms with Gasteiger partial charge in [-0.2, -0.15) is 0 Å². The molecule has 0 aliphatic rings. The van der Waals surface area contributed by atoms with Crippen molar-refractivity contribution in [2.24, 2.45) is 0 Å². The average Bonchev–Trinajstić information content (AvgIpc) is 2.65. The van der Waals surface area contributed by atoms with Gasteiger partial charge in [0.1, 0.15) is 11.5 Å². The molecule has 0 aliphatic heterocycles. The zero-order chi connectivity index (χ0) is 20.7. The fourth-order valence-corrected chi connectivity index (χ4v) is 2.39. The van der Waals surface area contributed by atoms with Crippen LogP contribution in [0, 0.1) is 20.2 Å². The minimum absolute atomic E-state index is 0.00422. The van der Waals surface area contributed by atoms with Crippen molar-refractivity contribution in [1.29, 1.82) is 0 Å². The first-order valence-corrected chi connectivity index (χ1v) is 8.33. The maximum Gasteiger partial charge on any atom is 0.310 e. The van der Waals surface area contributed by atoms with E-state index in [4.69, 9.17) is 33.0 Å². The summed E-state index contributed by atoms with van der Waals surface area (Å²) in [6.07, 6.45) is 0. The lowest BCUT2D eigenvalue weighted by atomic mass is 10.3. The van der Waals surface area contributed by atoms with Crippen LogP contribution in [-0.2, 0) is 0 Å². The molecule has 0 saturated carbocycles. The number of ether oxygens (including phenoxy) is 1. The number of phenols is 1. The summed E-state index contributed by atoms with van der Waals surface area (Å²) < 4.78 is 5.49. The van der Waals surface area contributed by atoms with E-state index in [0.29, 0.717) is 21.5 Å². The molecule has 0 aliphatic carbocycles. The molecule has 0 unspecified atom stereocenters. The molecule has 3 aromatic carbocycles. The number of rotatable bonds is 4. The summed E-state index contributed by atoms with van der Waals surface area (Å²) in [5.74, 6) is 0.604. The number of hydrogen-bond donors (Lipinski definition) is 1. The summed E-state index contributed by atoms with van der Waals surface area (Å²) in [6.45, 7) is 0. The number of phenolic OH excluding ortho intramolecular Hbond substituents is 1. The van der Waals surface area contributed by atoms with E-state index < -0.39 is 9.85 Å². The van der Waals surface area contributed by atoms with E-state index in [9.17, 15) is 20.2 Å². The summed E-state index contributed by atoms with van der Waals surface area (Å²) in [6, 6.07) is 16.1. The number of para-hydroxylation sites is 2. The van der Waals surface area contributed by atoms with Crippen LogP contribution in [0.4, 0.5) is 11.4 Å². The second-order valence-corrected chi connectivity index (χ2v) is 6.02. The Morgan fingerprint density at radius 1 is 0.857 bits per heavy atom. The maximum absolute atomic E-state index is 10.5. The summed E-state index contributed by atoms with van der Waals surface area (Å²) in [5.41, 5.74) is -0.257. The van der Waals surface area contributed by atoms with E-state index in [1.807, 2.05) is 0 Å². The summed E-state index contributed by atoms with van der Waals surface area (Å²) in [5, 5.41) is 30.3. The Morgan fingerprint density at radius 3 is 2.00 bits per heavy atom. The molecule has 0 radical (unpaired) electrons. The van der Waals surface area contributed by atoms with Gasteiger partial charge in [-0.25, -0.2) is 0 Å². The lowest BCUT2D eigenvalue weighted by Gasteiger charge is -2.07. The standard InChI is InChI=1S/C12H7Cl2NO3.C6H5NO3/c13-8-1-6-12(11(14)7-8)18-10-4-2-9(3-5-10)15(16)17;8-6-4-2-1-3-5(6)7(9)10/h1-7H;1-4,8H. The van der Waals surface area contributed by atoms with E-state index in [2.05, 4.69) is 0 Å². The highest BCUT2D eigenvalue weighted by atomic mass is 35.5. The molecule has 1 N–H and O–H groups in total. The monoisotopic (exact) mass is 422 g/mol. The zero-order valence-electron chi connectivity index (χ0n) is 14.0. The van der Waals surface area contributed by atoms with Crippen molar-refractivity contribution < 1.29 is 19.7 Å². The van der Waals surface area contributed by atoms with Gasteiger partial charge in [0.15, 0.2) is 5.75 Å². The summed E-state index contributed by atoms with van der Waals surface area (Å²) in [4.78, 5) is 19.5. The van der Waals surface area contributed by atoms with Gasteiger partial charge in [0.05, 0.1) is 14.9 Å². The molecule has 0 spiro atoms. The summed E-state index contributed by atoms with van der Waals surface area (Å²) >= 11 is 11.7. The molecule has 0 heterocycles. The predicted octanol–water partition coefficient (Wildman–Crippen LogP) is 5.99. The molecular weight excluding hydrogens is 411 g/mol. The molecule has 3 aromatic rings. The number of hydrogen-bond acceptors (Lipinski definition) is 6. The molecule has 10 heteroatoms. The van der Waals surface area contributed by atoms with Crippen molar-refractivity contribution in [1.82, 2.24) is 0 Å². The number of nitro benzene ring substituents is 2. The fraction of sp³-hybridized carbons (Fsp3) is 0. The quantitative estimate of drug-likeness (QED) is 0.407. The first-order valence-electron chi connectivity index (χ1n) is 7.57. The first kappa shape index (κ1) is 20.9. The van der Waals surface area contributed by atoms with Gasteiger partial charge in [0.25, 0.3) is 5.69 Å². The number of non-ortho nitro benzene ring substituents is 1. The van der Waals surface area contributed by atoms with Crippen LogP contribution in [0.15, 0.2) is 66.7 Å². The third-order valence-corrected chi connectivity index (χ3v) is 3.78. The van der Waals surface area contributed by atoms with Crippen LogP contribution in [-0.4, -0.2) is 15.0 Å². The Balaban J connectivity index is 0.000000237. The first-order chi connectivity index (χ1) is 13.3. The van der Waals surface area contributed by atoms with Gasteiger partial charge in [-0.1, -0.05) is 35.3 Å². The van der Waals surface area contributed by atoms with E-state index in [1.54, 1.807) is 18.2 Å². The van der Waals surface area contributed by atoms with Gasteiger partial charge < -0.3 is 9.84 Å². The number of nitrogens with zero attached hydrogens (tertiary/aromatic N) is 2. The van der Waals surface area contributed by atoms with E-state index in [0.717, 1.165) is 0 Å². The third kappa shape index (κ3) is 5.83. The molecule has 0 saturated heterocycles. The van der Waals surface area contributed by atoms with Gasteiger partial charge in [0, 0.05) is 23.2 Å². The smallest absolute Gasteiger partial charge is 0.310 e. The lowest BCUT2D eigenvalue weighted by molar-refractivity contribution is -0.385. The average molecular weight is 423 g/mol. The van der Waals surface area contributed by atoms with E-state index >= 15 is 0 Å². The van der Waals surface area contributed by atoms with Gasteiger partial charge >= 0.3 is 5.69 Å². The second kappa shape index (κ2) is 9.54. The third-order valence-electron chi connectivity index (χ3n) is 3.25. The highest BCUT2D eigenvalue weighted by molar-refractivity contribution is 6.35. The molecule has 3 rings (SSSR count). The molecule has 8 nitrogen and oxygen atoms in total. The molecule has 0 aromatic heterocycles.